The molecule has 1 fully saturated rings. The molecule has 4 nitrogen and oxygen atoms in total. The molecular weight excluding hydrogens is 326 g/mol. The lowest BCUT2D eigenvalue weighted by molar-refractivity contribution is -0.147. The van der Waals surface area contributed by atoms with Crippen molar-refractivity contribution in [2.24, 2.45) is 5.92 Å². The van der Waals surface area contributed by atoms with Crippen molar-refractivity contribution in [1.29, 1.82) is 0 Å². The number of ether oxygens (including phenoxy) is 1. The number of carbonyl (C=O) groups is 2. The summed E-state index contributed by atoms with van der Waals surface area (Å²) in [4.78, 5) is 27.4. The van der Waals surface area contributed by atoms with Gasteiger partial charge < -0.3 is 4.74 Å². The molecule has 1 aliphatic heterocycles. The zero-order valence-electron chi connectivity index (χ0n) is 14.7. The highest BCUT2D eigenvalue weighted by molar-refractivity contribution is 6.01. The van der Waals surface area contributed by atoms with Crippen LogP contribution in [0.1, 0.15) is 17.0 Å². The third-order valence-corrected chi connectivity index (χ3v) is 5.37. The van der Waals surface area contributed by atoms with Crippen molar-refractivity contribution in [3.63, 3.8) is 0 Å². The highest BCUT2D eigenvalue weighted by atomic mass is 16.5. The van der Waals surface area contributed by atoms with E-state index in [9.17, 15) is 9.59 Å². The summed E-state index contributed by atoms with van der Waals surface area (Å²) in [6.45, 7) is 1.28. The second-order valence-electron chi connectivity index (χ2n) is 6.89. The van der Waals surface area contributed by atoms with E-state index < -0.39 is 6.04 Å². The van der Waals surface area contributed by atoms with Gasteiger partial charge in [-0.2, -0.15) is 0 Å². The fraction of sp³-hybridized carbons (Fsp3) is 0.273. The van der Waals surface area contributed by atoms with Crippen LogP contribution in [0.25, 0.3) is 0 Å². The maximum absolute atomic E-state index is 12.7. The number of hydrogen-bond acceptors (Lipinski definition) is 4. The zero-order chi connectivity index (χ0) is 18.1. The van der Waals surface area contributed by atoms with E-state index in [0.29, 0.717) is 13.1 Å². The molecule has 0 spiro atoms. The van der Waals surface area contributed by atoms with E-state index in [0.717, 1.165) is 16.7 Å². The second-order valence-corrected chi connectivity index (χ2v) is 6.89. The van der Waals surface area contributed by atoms with E-state index in [1.807, 2.05) is 48.5 Å². The molecule has 0 N–H and O–H groups in total. The van der Waals surface area contributed by atoms with Crippen LogP contribution in [0.5, 0.6) is 0 Å². The number of ketones is 1. The molecule has 1 aliphatic carbocycles. The molecule has 0 unspecified atom stereocenters. The number of hydrogen-bond donors (Lipinski definition) is 0. The number of allylic oxidation sites excluding steroid dienone is 1. The third-order valence-electron chi connectivity index (χ3n) is 5.37. The van der Waals surface area contributed by atoms with E-state index in [-0.39, 0.29) is 23.6 Å². The van der Waals surface area contributed by atoms with Crippen LogP contribution >= 0.6 is 0 Å². The van der Waals surface area contributed by atoms with Crippen LogP contribution in [0.3, 0.4) is 0 Å². The minimum Gasteiger partial charge on any atom is -0.468 e. The number of nitrogens with zero attached hydrogens (tertiary/aromatic N) is 1. The molecule has 4 rings (SSSR count). The van der Waals surface area contributed by atoms with Gasteiger partial charge in [0.2, 0.25) is 0 Å². The van der Waals surface area contributed by atoms with Crippen LogP contribution in [0.4, 0.5) is 0 Å². The molecule has 0 saturated carbocycles. The Kier molecular flexibility index (Phi) is 4.43. The van der Waals surface area contributed by atoms with Gasteiger partial charge in [-0.05, 0) is 22.8 Å². The summed E-state index contributed by atoms with van der Waals surface area (Å²) in [5.74, 6) is -0.647. The van der Waals surface area contributed by atoms with Crippen molar-refractivity contribution in [3.8, 4) is 0 Å². The minimum absolute atomic E-state index is 0.0875. The molecule has 0 radical (unpaired) electrons. The predicted molar refractivity (Wildman–Crippen MR) is 98.4 cm³/mol. The zero-order valence-corrected chi connectivity index (χ0v) is 14.7. The number of fused-ring (bicyclic) bond motifs is 1. The molecule has 3 atom stereocenters. The SMILES string of the molecule is COC(=O)[C@@H]1[C@@H]2C(=CC(=O)[C@H]2c2ccccc2)CN1Cc1ccccc1. The number of likely N-dealkylation sites (tertiary alicyclic amines) is 1. The summed E-state index contributed by atoms with van der Waals surface area (Å²) in [6, 6.07) is 19.4. The summed E-state index contributed by atoms with van der Waals surface area (Å²) < 4.78 is 5.11. The highest BCUT2D eigenvalue weighted by Gasteiger charge is 2.52. The molecule has 0 amide bonds. The van der Waals surface area contributed by atoms with E-state index in [1.54, 1.807) is 6.08 Å². The van der Waals surface area contributed by atoms with Gasteiger partial charge in [0.25, 0.3) is 0 Å². The number of rotatable bonds is 4. The lowest BCUT2D eigenvalue weighted by atomic mass is 9.82. The summed E-state index contributed by atoms with van der Waals surface area (Å²) >= 11 is 0. The molecule has 26 heavy (non-hydrogen) atoms. The van der Waals surface area contributed by atoms with Crippen LogP contribution in [-0.4, -0.2) is 36.3 Å². The van der Waals surface area contributed by atoms with E-state index in [2.05, 4.69) is 17.0 Å². The van der Waals surface area contributed by atoms with Gasteiger partial charge in [0.15, 0.2) is 5.78 Å². The molecule has 2 aliphatic rings. The van der Waals surface area contributed by atoms with Crippen LogP contribution in [0.15, 0.2) is 72.3 Å². The lowest BCUT2D eigenvalue weighted by Crippen LogP contribution is -2.42. The standard InChI is InChI=1S/C22H21NO3/c1-26-22(25)21-20-17(14-23(21)13-15-8-4-2-5-9-15)12-18(24)19(20)16-10-6-3-7-11-16/h2-12,19-21H,13-14H2,1H3/t19-,20-,21+/m1/s1. The Bertz CT molecular complexity index is 844. The van der Waals surface area contributed by atoms with Crippen LogP contribution < -0.4 is 0 Å². The maximum atomic E-state index is 12.7. The molecule has 2 aromatic rings. The molecule has 4 heteroatoms. The van der Waals surface area contributed by atoms with Crippen LogP contribution in [0.2, 0.25) is 0 Å². The summed E-state index contributed by atoms with van der Waals surface area (Å²) in [5, 5.41) is 0. The number of carbonyl (C=O) groups excluding carboxylic acids is 2. The van der Waals surface area contributed by atoms with Gasteiger partial charge >= 0.3 is 5.97 Å². The Labute approximate surface area is 153 Å². The first kappa shape index (κ1) is 16.7. The van der Waals surface area contributed by atoms with Crippen LogP contribution in [-0.2, 0) is 20.9 Å². The first-order valence-corrected chi connectivity index (χ1v) is 8.84. The Balaban J connectivity index is 1.69. The average Bonchev–Trinajstić information content (AvgIpc) is 3.16. The van der Waals surface area contributed by atoms with Crippen molar-refractivity contribution in [1.82, 2.24) is 4.90 Å². The lowest BCUT2D eigenvalue weighted by Gasteiger charge is -2.28. The first-order chi connectivity index (χ1) is 12.7. The Hall–Kier alpha value is -2.72. The van der Waals surface area contributed by atoms with Gasteiger partial charge in [-0.25, -0.2) is 0 Å². The molecule has 132 valence electrons. The second kappa shape index (κ2) is 6.89. The van der Waals surface area contributed by atoms with Gasteiger partial charge in [-0.3, -0.25) is 14.5 Å². The quantitative estimate of drug-likeness (QED) is 0.798. The van der Waals surface area contributed by atoms with E-state index in [4.69, 9.17) is 4.74 Å². The highest BCUT2D eigenvalue weighted by Crippen LogP contribution is 2.46. The molecule has 1 saturated heterocycles. The molecule has 1 heterocycles. The first-order valence-electron chi connectivity index (χ1n) is 8.84. The average molecular weight is 347 g/mol. The maximum Gasteiger partial charge on any atom is 0.323 e. The Morgan fingerprint density at radius 3 is 2.38 bits per heavy atom. The van der Waals surface area contributed by atoms with Gasteiger partial charge in [0.1, 0.15) is 6.04 Å². The Morgan fingerprint density at radius 1 is 1.08 bits per heavy atom. The van der Waals surface area contributed by atoms with Crippen LogP contribution in [0, 0.1) is 5.92 Å². The normalized spacial score (nSPS) is 25.0. The minimum atomic E-state index is -0.442. The largest absolute Gasteiger partial charge is 0.468 e. The number of benzene rings is 2. The summed E-state index contributed by atoms with van der Waals surface area (Å²) in [7, 11) is 1.42. The third kappa shape index (κ3) is 2.86. The Morgan fingerprint density at radius 2 is 1.73 bits per heavy atom. The molecular formula is C22H21NO3. The smallest absolute Gasteiger partial charge is 0.323 e. The fourth-order valence-electron chi connectivity index (χ4n) is 4.28. The summed E-state index contributed by atoms with van der Waals surface area (Å²) in [6.07, 6.45) is 1.74. The topological polar surface area (TPSA) is 46.6 Å². The predicted octanol–water partition coefficient (Wildman–Crippen LogP) is 2.95. The number of methoxy groups -OCH3 is 1. The molecule has 2 aromatic carbocycles. The van der Waals surface area contributed by atoms with Crippen molar-refractivity contribution in [2.45, 2.75) is 18.5 Å². The van der Waals surface area contributed by atoms with Gasteiger partial charge in [0, 0.05) is 19.0 Å². The monoisotopic (exact) mass is 347 g/mol. The van der Waals surface area contributed by atoms with Crippen molar-refractivity contribution in [3.05, 3.63) is 83.4 Å². The van der Waals surface area contributed by atoms with Crippen molar-refractivity contribution < 1.29 is 14.3 Å². The fourth-order valence-corrected chi connectivity index (χ4v) is 4.28. The summed E-state index contributed by atoms with van der Waals surface area (Å²) in [5.41, 5.74) is 3.14. The molecule has 0 bridgehead atoms. The van der Waals surface area contributed by atoms with Gasteiger partial charge in [-0.1, -0.05) is 60.7 Å². The van der Waals surface area contributed by atoms with E-state index in [1.165, 1.54) is 7.11 Å². The molecule has 0 aromatic heterocycles. The number of esters is 1. The van der Waals surface area contributed by atoms with Gasteiger partial charge in [-0.15, -0.1) is 0 Å². The van der Waals surface area contributed by atoms with Gasteiger partial charge in [0.05, 0.1) is 13.0 Å². The van der Waals surface area contributed by atoms with Crippen molar-refractivity contribution in [2.75, 3.05) is 13.7 Å². The van der Waals surface area contributed by atoms with Crippen molar-refractivity contribution >= 4 is 11.8 Å². The van der Waals surface area contributed by atoms with E-state index >= 15 is 0 Å².